The Balaban J connectivity index is 1.49. The van der Waals surface area contributed by atoms with Crippen LogP contribution in [0.15, 0.2) is 30.3 Å². The largest absolute Gasteiger partial charge is 0.385 e. The summed E-state index contributed by atoms with van der Waals surface area (Å²) in [5.74, 6) is 0. The SMILES string of the molecule is O[C@@H](COCc1ccccc1)C[NH+](C1CCCCC1)C1CCCCC1. The highest BCUT2D eigenvalue weighted by Crippen LogP contribution is 2.20. The normalized spacial score (nSPS) is 21.5. The molecule has 0 bridgehead atoms. The monoisotopic (exact) mass is 346 g/mol. The lowest BCUT2D eigenvalue weighted by Gasteiger charge is -2.39. The first kappa shape index (κ1) is 18.9. The quantitative estimate of drug-likeness (QED) is 0.758. The van der Waals surface area contributed by atoms with Crippen LogP contribution in [-0.4, -0.2) is 36.4 Å². The molecule has 0 radical (unpaired) electrons. The number of rotatable bonds is 8. The van der Waals surface area contributed by atoms with Gasteiger partial charge < -0.3 is 14.7 Å². The first-order chi connectivity index (χ1) is 12.3. The number of ether oxygens (including phenoxy) is 1. The number of aliphatic hydroxyl groups excluding tert-OH is 1. The van der Waals surface area contributed by atoms with Gasteiger partial charge in [0.1, 0.15) is 12.6 Å². The Morgan fingerprint density at radius 1 is 0.880 bits per heavy atom. The fraction of sp³-hybridized carbons (Fsp3) is 0.727. The zero-order valence-corrected chi connectivity index (χ0v) is 15.7. The first-order valence-electron chi connectivity index (χ1n) is 10.5. The van der Waals surface area contributed by atoms with Crippen LogP contribution in [0.5, 0.6) is 0 Å². The molecule has 0 amide bonds. The van der Waals surface area contributed by atoms with Crippen LogP contribution in [0.4, 0.5) is 0 Å². The molecule has 2 aliphatic rings. The Bertz CT molecular complexity index is 448. The highest BCUT2D eigenvalue weighted by Gasteiger charge is 2.33. The van der Waals surface area contributed by atoms with Gasteiger partial charge >= 0.3 is 0 Å². The van der Waals surface area contributed by atoms with Crippen molar-refractivity contribution in [2.45, 2.75) is 89.0 Å². The average molecular weight is 347 g/mol. The van der Waals surface area contributed by atoms with E-state index in [1.807, 2.05) is 18.2 Å². The van der Waals surface area contributed by atoms with Gasteiger partial charge in [-0.2, -0.15) is 0 Å². The molecule has 1 atom stereocenters. The first-order valence-corrected chi connectivity index (χ1v) is 10.5. The van der Waals surface area contributed by atoms with Gasteiger partial charge in [0.25, 0.3) is 0 Å². The molecule has 0 unspecified atom stereocenters. The average Bonchev–Trinajstić information content (AvgIpc) is 2.68. The van der Waals surface area contributed by atoms with E-state index in [9.17, 15) is 5.11 Å². The zero-order chi connectivity index (χ0) is 17.3. The molecule has 25 heavy (non-hydrogen) atoms. The summed E-state index contributed by atoms with van der Waals surface area (Å²) in [6, 6.07) is 11.8. The van der Waals surface area contributed by atoms with E-state index in [2.05, 4.69) is 12.1 Å². The topological polar surface area (TPSA) is 33.9 Å². The second-order valence-electron chi connectivity index (χ2n) is 8.10. The van der Waals surface area contributed by atoms with Crippen LogP contribution in [0.25, 0.3) is 0 Å². The summed E-state index contributed by atoms with van der Waals surface area (Å²) in [6.07, 6.45) is 13.4. The second-order valence-corrected chi connectivity index (χ2v) is 8.10. The third-order valence-electron chi connectivity index (χ3n) is 6.15. The minimum atomic E-state index is -0.345. The number of aliphatic hydroxyl groups is 1. The molecule has 2 fully saturated rings. The maximum atomic E-state index is 10.6. The molecule has 1 aromatic rings. The number of nitrogens with one attached hydrogen (secondary N) is 1. The molecule has 0 aliphatic heterocycles. The van der Waals surface area contributed by atoms with Crippen LogP contribution in [0.2, 0.25) is 0 Å². The van der Waals surface area contributed by atoms with E-state index in [0.717, 1.165) is 18.6 Å². The van der Waals surface area contributed by atoms with Gasteiger partial charge in [-0.1, -0.05) is 43.2 Å². The summed E-state index contributed by atoms with van der Waals surface area (Å²) >= 11 is 0. The summed E-state index contributed by atoms with van der Waals surface area (Å²) in [7, 11) is 0. The Kier molecular flexibility index (Phi) is 7.78. The van der Waals surface area contributed by atoms with Crippen molar-refractivity contribution in [1.82, 2.24) is 0 Å². The van der Waals surface area contributed by atoms with Crippen LogP contribution in [0, 0.1) is 0 Å². The number of quaternary nitrogens is 1. The highest BCUT2D eigenvalue weighted by molar-refractivity contribution is 5.13. The second kappa shape index (κ2) is 10.3. The minimum absolute atomic E-state index is 0.345. The molecule has 0 heterocycles. The van der Waals surface area contributed by atoms with Crippen molar-refractivity contribution in [1.29, 1.82) is 0 Å². The lowest BCUT2D eigenvalue weighted by molar-refractivity contribution is -0.955. The smallest absolute Gasteiger partial charge is 0.126 e. The van der Waals surface area contributed by atoms with Gasteiger partial charge in [-0.25, -0.2) is 0 Å². The van der Waals surface area contributed by atoms with Gasteiger partial charge in [0, 0.05) is 0 Å². The molecule has 140 valence electrons. The molecule has 2 N–H and O–H groups in total. The molecule has 0 saturated heterocycles. The lowest BCUT2D eigenvalue weighted by Crippen LogP contribution is -3.20. The van der Waals surface area contributed by atoms with Crippen LogP contribution in [0.3, 0.4) is 0 Å². The van der Waals surface area contributed by atoms with E-state index < -0.39 is 0 Å². The van der Waals surface area contributed by atoms with Gasteiger partial charge in [0.05, 0.1) is 25.3 Å². The van der Waals surface area contributed by atoms with Gasteiger partial charge in [-0.05, 0) is 56.9 Å². The van der Waals surface area contributed by atoms with Crippen LogP contribution >= 0.6 is 0 Å². The summed E-state index contributed by atoms with van der Waals surface area (Å²) in [5, 5.41) is 10.6. The van der Waals surface area contributed by atoms with Gasteiger partial charge in [-0.3, -0.25) is 0 Å². The lowest BCUT2D eigenvalue weighted by atomic mass is 9.88. The number of hydrogen-bond acceptors (Lipinski definition) is 2. The van der Waals surface area contributed by atoms with Crippen molar-refractivity contribution >= 4 is 0 Å². The fourth-order valence-corrected chi connectivity index (χ4v) is 4.83. The molecule has 3 rings (SSSR count). The summed E-state index contributed by atoms with van der Waals surface area (Å²) in [4.78, 5) is 1.69. The van der Waals surface area contributed by atoms with Gasteiger partial charge in [-0.15, -0.1) is 0 Å². The minimum Gasteiger partial charge on any atom is -0.385 e. The Labute approximate surface area is 153 Å². The molecule has 0 aromatic heterocycles. The summed E-state index contributed by atoms with van der Waals surface area (Å²) < 4.78 is 5.79. The third-order valence-corrected chi connectivity index (χ3v) is 6.15. The molecular weight excluding hydrogens is 310 g/mol. The van der Waals surface area contributed by atoms with E-state index in [1.165, 1.54) is 69.8 Å². The maximum absolute atomic E-state index is 10.6. The molecule has 3 nitrogen and oxygen atoms in total. The van der Waals surface area contributed by atoms with Crippen LogP contribution in [-0.2, 0) is 11.3 Å². The van der Waals surface area contributed by atoms with Crippen LogP contribution in [0.1, 0.15) is 69.8 Å². The summed E-state index contributed by atoms with van der Waals surface area (Å²) in [6.45, 7) is 1.92. The predicted octanol–water partition coefficient (Wildman–Crippen LogP) is 3.11. The van der Waals surface area contributed by atoms with E-state index in [-0.39, 0.29) is 6.10 Å². The molecule has 2 saturated carbocycles. The zero-order valence-electron chi connectivity index (χ0n) is 15.7. The highest BCUT2D eigenvalue weighted by atomic mass is 16.5. The molecular formula is C22H36NO2+. The van der Waals surface area contributed by atoms with E-state index in [0.29, 0.717) is 13.2 Å². The summed E-state index contributed by atoms with van der Waals surface area (Å²) in [5.41, 5.74) is 1.18. The maximum Gasteiger partial charge on any atom is 0.126 e. The molecule has 3 heteroatoms. The Morgan fingerprint density at radius 3 is 2.00 bits per heavy atom. The molecule has 1 aromatic carbocycles. The molecule has 0 spiro atoms. The van der Waals surface area contributed by atoms with E-state index in [4.69, 9.17) is 4.74 Å². The fourth-order valence-electron chi connectivity index (χ4n) is 4.83. The van der Waals surface area contributed by atoms with Crippen molar-refractivity contribution < 1.29 is 14.7 Å². The van der Waals surface area contributed by atoms with E-state index >= 15 is 0 Å². The van der Waals surface area contributed by atoms with E-state index in [1.54, 1.807) is 4.90 Å². The Hall–Kier alpha value is -0.900. The van der Waals surface area contributed by atoms with Crippen LogP contribution < -0.4 is 4.90 Å². The third kappa shape index (κ3) is 6.09. The number of benzene rings is 1. The number of hydrogen-bond donors (Lipinski definition) is 2. The Morgan fingerprint density at radius 2 is 1.44 bits per heavy atom. The van der Waals surface area contributed by atoms with Crippen molar-refractivity contribution in [3.8, 4) is 0 Å². The van der Waals surface area contributed by atoms with Gasteiger partial charge in [0.15, 0.2) is 0 Å². The standard InChI is InChI=1S/C22H35NO2/c24-22(18-25-17-19-10-4-1-5-11-19)16-23(20-12-6-2-7-13-20)21-14-8-3-9-15-21/h1,4-5,10-11,20-22,24H,2-3,6-9,12-18H2/p+1/t22-/m1/s1. The van der Waals surface area contributed by atoms with Crippen molar-refractivity contribution in [2.24, 2.45) is 0 Å². The van der Waals surface area contributed by atoms with Gasteiger partial charge in [0.2, 0.25) is 0 Å². The van der Waals surface area contributed by atoms with Crippen molar-refractivity contribution in [3.63, 3.8) is 0 Å². The van der Waals surface area contributed by atoms with Crippen molar-refractivity contribution in [2.75, 3.05) is 13.2 Å². The molecule has 2 aliphatic carbocycles. The predicted molar refractivity (Wildman–Crippen MR) is 102 cm³/mol. The van der Waals surface area contributed by atoms with Crippen molar-refractivity contribution in [3.05, 3.63) is 35.9 Å².